The Hall–Kier alpha value is -1.26. The monoisotopic (exact) mass is 414 g/mol. The van der Waals surface area contributed by atoms with Crippen molar-refractivity contribution < 1.29 is 18.1 Å². The molecule has 0 spiro atoms. The second-order valence-electron chi connectivity index (χ2n) is 6.34. The molecule has 3 heterocycles. The zero-order valence-corrected chi connectivity index (χ0v) is 17.1. The van der Waals surface area contributed by atoms with E-state index in [0.717, 1.165) is 11.3 Å². The van der Waals surface area contributed by atoms with E-state index in [4.69, 9.17) is 0 Å². The smallest absolute Gasteiger partial charge is 0.278 e. The molecule has 2 N–H and O–H groups in total. The van der Waals surface area contributed by atoms with Gasteiger partial charge in [0.25, 0.3) is 15.9 Å². The van der Waals surface area contributed by atoms with Gasteiger partial charge in [-0.2, -0.15) is 4.31 Å². The van der Waals surface area contributed by atoms with Crippen LogP contribution in [0, 0.1) is 0 Å². The Morgan fingerprint density at radius 3 is 2.54 bits per heavy atom. The lowest BCUT2D eigenvalue weighted by atomic mass is 10.2. The minimum Gasteiger partial charge on any atom is -0.351 e. The highest BCUT2D eigenvalue weighted by molar-refractivity contribution is 7.91. The van der Waals surface area contributed by atoms with Gasteiger partial charge >= 0.3 is 0 Å². The zero-order chi connectivity index (χ0) is 18.6. The van der Waals surface area contributed by atoms with Gasteiger partial charge in [-0.15, -0.1) is 22.7 Å². The minimum absolute atomic E-state index is 0.0334. The summed E-state index contributed by atoms with van der Waals surface area (Å²) in [5.74, 6) is 0.0334. The predicted molar refractivity (Wildman–Crippen MR) is 104 cm³/mol. The van der Waals surface area contributed by atoms with E-state index >= 15 is 0 Å². The average Bonchev–Trinajstić information content (AvgIpc) is 3.35. The van der Waals surface area contributed by atoms with E-state index in [-0.39, 0.29) is 11.9 Å². The highest BCUT2D eigenvalue weighted by atomic mass is 32.2. The fourth-order valence-electron chi connectivity index (χ4n) is 3.09. The molecule has 2 aromatic rings. The molecule has 0 saturated carbocycles. The Bertz CT molecular complexity index is 796. The third-order valence-electron chi connectivity index (χ3n) is 4.71. The minimum atomic E-state index is -3.39. The van der Waals surface area contributed by atoms with Crippen LogP contribution in [-0.4, -0.2) is 57.4 Å². The summed E-state index contributed by atoms with van der Waals surface area (Å²) >= 11 is 2.94. The predicted octanol–water partition coefficient (Wildman–Crippen LogP) is 0.446. The van der Waals surface area contributed by atoms with Gasteiger partial charge in [0, 0.05) is 11.4 Å². The number of piperazine rings is 1. The number of hydrogen-bond acceptors (Lipinski definition) is 5. The molecule has 1 saturated heterocycles. The number of thiophene rings is 2. The number of nitrogens with zero attached hydrogens (tertiary/aromatic N) is 1. The lowest BCUT2D eigenvalue weighted by Crippen LogP contribution is -3.19. The lowest BCUT2D eigenvalue weighted by Gasteiger charge is -2.33. The van der Waals surface area contributed by atoms with Gasteiger partial charge in [0.05, 0.1) is 26.2 Å². The van der Waals surface area contributed by atoms with Crippen LogP contribution in [0.4, 0.5) is 0 Å². The maximum absolute atomic E-state index is 12.6. The Labute approximate surface area is 162 Å². The first-order valence-corrected chi connectivity index (χ1v) is 11.9. The third kappa shape index (κ3) is 4.52. The Kier molecular flexibility index (Phi) is 6.46. The number of amides is 1. The second kappa shape index (κ2) is 8.62. The molecule has 0 aliphatic carbocycles. The van der Waals surface area contributed by atoms with Crippen molar-refractivity contribution in [1.82, 2.24) is 9.62 Å². The number of carbonyl (C=O) groups excluding carboxylic acids is 1. The van der Waals surface area contributed by atoms with Crippen molar-refractivity contribution in [2.45, 2.75) is 23.6 Å². The first kappa shape index (κ1) is 19.5. The molecule has 9 heteroatoms. The molecular weight excluding hydrogens is 390 g/mol. The van der Waals surface area contributed by atoms with E-state index in [1.54, 1.807) is 28.8 Å². The van der Waals surface area contributed by atoms with E-state index in [2.05, 4.69) is 11.4 Å². The van der Waals surface area contributed by atoms with Crippen LogP contribution in [0.5, 0.6) is 0 Å². The molecule has 142 valence electrons. The van der Waals surface area contributed by atoms with Crippen molar-refractivity contribution in [2.24, 2.45) is 0 Å². The lowest BCUT2D eigenvalue weighted by molar-refractivity contribution is -0.917. The topological polar surface area (TPSA) is 70.9 Å². The number of carbonyl (C=O) groups is 1. The molecular formula is C17H24N3O3S3+. The molecule has 0 bridgehead atoms. The van der Waals surface area contributed by atoms with Gasteiger partial charge in [0.1, 0.15) is 4.21 Å². The average molecular weight is 415 g/mol. The van der Waals surface area contributed by atoms with Gasteiger partial charge in [-0.1, -0.05) is 12.1 Å². The van der Waals surface area contributed by atoms with Crippen LogP contribution in [0.25, 0.3) is 0 Å². The van der Waals surface area contributed by atoms with Crippen molar-refractivity contribution in [3.8, 4) is 0 Å². The number of rotatable bonds is 7. The summed E-state index contributed by atoms with van der Waals surface area (Å²) < 4.78 is 27.0. The molecule has 26 heavy (non-hydrogen) atoms. The molecule has 2 aromatic heterocycles. The van der Waals surface area contributed by atoms with Crippen LogP contribution >= 0.6 is 22.7 Å². The fraction of sp³-hybridized carbons (Fsp3) is 0.471. The standard InChI is InChI=1S/C17H23N3O3S3/c1-14(17(21)18-7-6-15-4-2-12-24-15)19-8-10-20(11-9-19)26(22,23)16-5-3-13-25-16/h2-5,12-14H,6-11H2,1H3,(H,18,21)/p+1/t14-/m1/s1. The summed E-state index contributed by atoms with van der Waals surface area (Å²) in [5.41, 5.74) is 0. The van der Waals surface area contributed by atoms with Crippen molar-refractivity contribution in [3.05, 3.63) is 39.9 Å². The SMILES string of the molecule is C[C@H](C(=O)NCCc1cccs1)[NH+]1CCN(S(=O)(=O)c2cccs2)CC1. The molecule has 0 unspecified atom stereocenters. The van der Waals surface area contributed by atoms with Gasteiger partial charge in [-0.05, 0) is 36.2 Å². The number of hydrogen-bond donors (Lipinski definition) is 2. The third-order valence-corrected chi connectivity index (χ3v) is 8.92. The second-order valence-corrected chi connectivity index (χ2v) is 10.5. The molecule has 1 aliphatic heterocycles. The Morgan fingerprint density at radius 1 is 1.23 bits per heavy atom. The van der Waals surface area contributed by atoms with E-state index in [1.165, 1.54) is 20.5 Å². The quantitative estimate of drug-likeness (QED) is 0.691. The molecule has 1 aliphatic rings. The molecule has 1 amide bonds. The maximum Gasteiger partial charge on any atom is 0.278 e. The van der Waals surface area contributed by atoms with Crippen LogP contribution in [0.1, 0.15) is 11.8 Å². The molecule has 1 fully saturated rings. The first-order chi connectivity index (χ1) is 12.5. The summed E-state index contributed by atoms with van der Waals surface area (Å²) in [6.07, 6.45) is 0.846. The van der Waals surface area contributed by atoms with Crippen LogP contribution in [0.3, 0.4) is 0 Å². The van der Waals surface area contributed by atoms with Crippen molar-refractivity contribution in [2.75, 3.05) is 32.7 Å². The molecule has 3 rings (SSSR count). The molecule has 6 nitrogen and oxygen atoms in total. The summed E-state index contributed by atoms with van der Waals surface area (Å²) in [7, 11) is -3.39. The van der Waals surface area contributed by atoms with E-state index < -0.39 is 10.0 Å². The largest absolute Gasteiger partial charge is 0.351 e. The van der Waals surface area contributed by atoms with Crippen LogP contribution in [0.2, 0.25) is 0 Å². The molecule has 0 aromatic carbocycles. The van der Waals surface area contributed by atoms with Crippen molar-refractivity contribution >= 4 is 38.6 Å². The normalized spacial score (nSPS) is 17.9. The zero-order valence-electron chi connectivity index (χ0n) is 14.7. The Morgan fingerprint density at radius 2 is 1.92 bits per heavy atom. The summed E-state index contributed by atoms with van der Waals surface area (Å²) in [4.78, 5) is 14.8. The van der Waals surface area contributed by atoms with Crippen molar-refractivity contribution in [3.63, 3.8) is 0 Å². The van der Waals surface area contributed by atoms with Gasteiger partial charge in [-0.25, -0.2) is 8.42 Å². The molecule has 0 radical (unpaired) electrons. The van der Waals surface area contributed by atoms with E-state index in [0.29, 0.717) is 36.9 Å². The van der Waals surface area contributed by atoms with Gasteiger partial charge in [0.2, 0.25) is 0 Å². The van der Waals surface area contributed by atoms with Crippen LogP contribution < -0.4 is 10.2 Å². The fourth-order valence-corrected chi connectivity index (χ4v) is 6.38. The van der Waals surface area contributed by atoms with E-state index in [9.17, 15) is 13.2 Å². The molecule has 1 atom stereocenters. The highest BCUT2D eigenvalue weighted by Gasteiger charge is 2.34. The first-order valence-electron chi connectivity index (χ1n) is 8.67. The van der Waals surface area contributed by atoms with Crippen LogP contribution in [0.15, 0.2) is 39.2 Å². The number of quaternary nitrogens is 1. The number of nitrogens with one attached hydrogen (secondary N) is 2. The maximum atomic E-state index is 12.6. The Balaban J connectivity index is 1.47. The van der Waals surface area contributed by atoms with Gasteiger partial charge in [-0.3, -0.25) is 4.79 Å². The van der Waals surface area contributed by atoms with E-state index in [1.807, 2.05) is 18.4 Å². The van der Waals surface area contributed by atoms with Crippen molar-refractivity contribution in [1.29, 1.82) is 0 Å². The summed E-state index contributed by atoms with van der Waals surface area (Å²) in [6, 6.07) is 7.30. The highest BCUT2D eigenvalue weighted by Crippen LogP contribution is 2.20. The number of sulfonamides is 1. The van der Waals surface area contributed by atoms with Gasteiger partial charge < -0.3 is 10.2 Å². The summed E-state index contributed by atoms with van der Waals surface area (Å²) in [5, 5.41) is 6.81. The van der Waals surface area contributed by atoms with Crippen LogP contribution in [-0.2, 0) is 21.2 Å². The summed E-state index contributed by atoms with van der Waals surface area (Å²) in [6.45, 7) is 4.73. The van der Waals surface area contributed by atoms with Gasteiger partial charge in [0.15, 0.2) is 6.04 Å².